The lowest BCUT2D eigenvalue weighted by atomic mass is 9.92. The van der Waals surface area contributed by atoms with Gasteiger partial charge < -0.3 is 15.3 Å². The largest absolute Gasteiger partial charge is 0.393 e. The summed E-state index contributed by atoms with van der Waals surface area (Å²) < 4.78 is 0. The molecule has 2 rings (SSSR count). The molecule has 1 aromatic carbocycles. The summed E-state index contributed by atoms with van der Waals surface area (Å²) >= 11 is 0. The highest BCUT2D eigenvalue weighted by molar-refractivity contribution is 5.96. The van der Waals surface area contributed by atoms with E-state index in [9.17, 15) is 14.7 Å². The predicted molar refractivity (Wildman–Crippen MR) is 89.2 cm³/mol. The summed E-state index contributed by atoms with van der Waals surface area (Å²) in [5.74, 6) is -0.0142. The van der Waals surface area contributed by atoms with Gasteiger partial charge in [0.05, 0.1) is 12.6 Å². The lowest BCUT2D eigenvalue weighted by molar-refractivity contribution is -0.132. The van der Waals surface area contributed by atoms with Crippen LogP contribution in [-0.2, 0) is 4.79 Å². The molecular formula is C18H26N2O3. The number of amides is 2. The van der Waals surface area contributed by atoms with Gasteiger partial charge in [-0.3, -0.25) is 9.59 Å². The van der Waals surface area contributed by atoms with Crippen LogP contribution < -0.4 is 5.32 Å². The van der Waals surface area contributed by atoms with Crippen molar-refractivity contribution in [2.45, 2.75) is 39.7 Å². The average Bonchev–Trinajstić information content (AvgIpc) is 2.51. The number of carbonyl (C=O) groups excluding carboxylic acids is 2. The molecule has 23 heavy (non-hydrogen) atoms. The molecule has 2 N–H and O–H groups in total. The van der Waals surface area contributed by atoms with E-state index in [2.05, 4.69) is 5.32 Å². The first-order valence-electron chi connectivity index (χ1n) is 8.19. The molecule has 1 fully saturated rings. The van der Waals surface area contributed by atoms with Gasteiger partial charge in [0.2, 0.25) is 5.91 Å². The molecule has 1 saturated heterocycles. The molecule has 1 aliphatic rings. The van der Waals surface area contributed by atoms with E-state index in [-0.39, 0.29) is 30.4 Å². The number of carbonyl (C=O) groups is 2. The Kier molecular flexibility index (Phi) is 5.77. The summed E-state index contributed by atoms with van der Waals surface area (Å²) in [5.41, 5.74) is 2.64. The maximum absolute atomic E-state index is 12.2. The van der Waals surface area contributed by atoms with Crippen molar-refractivity contribution < 1.29 is 14.7 Å². The Labute approximate surface area is 137 Å². The molecular weight excluding hydrogens is 292 g/mol. The molecule has 5 heteroatoms. The third kappa shape index (κ3) is 4.79. The molecule has 2 amide bonds. The monoisotopic (exact) mass is 318 g/mol. The highest BCUT2D eigenvalue weighted by Crippen LogP contribution is 2.20. The van der Waals surface area contributed by atoms with Crippen molar-refractivity contribution in [1.82, 2.24) is 10.2 Å². The molecule has 1 aliphatic heterocycles. The van der Waals surface area contributed by atoms with Crippen LogP contribution in [0, 0.1) is 19.8 Å². The molecule has 5 nitrogen and oxygen atoms in total. The van der Waals surface area contributed by atoms with E-state index in [1.54, 1.807) is 11.8 Å². The predicted octanol–water partition coefficient (Wildman–Crippen LogP) is 1.65. The molecule has 0 aliphatic carbocycles. The fraction of sp³-hybridized carbons (Fsp3) is 0.556. The van der Waals surface area contributed by atoms with Crippen molar-refractivity contribution in [1.29, 1.82) is 0 Å². The van der Waals surface area contributed by atoms with E-state index >= 15 is 0 Å². The van der Waals surface area contributed by atoms with Crippen molar-refractivity contribution in [3.8, 4) is 0 Å². The van der Waals surface area contributed by atoms with Gasteiger partial charge in [0.25, 0.3) is 5.91 Å². The van der Waals surface area contributed by atoms with Crippen LogP contribution in [0.5, 0.6) is 0 Å². The first-order valence-corrected chi connectivity index (χ1v) is 8.19. The highest BCUT2D eigenvalue weighted by Gasteiger charge is 2.25. The van der Waals surface area contributed by atoms with Crippen molar-refractivity contribution in [2.24, 2.45) is 5.92 Å². The van der Waals surface area contributed by atoms with Crippen LogP contribution in [0.4, 0.5) is 0 Å². The fourth-order valence-electron chi connectivity index (χ4n) is 3.11. The van der Waals surface area contributed by atoms with E-state index in [0.29, 0.717) is 18.7 Å². The number of aliphatic hydroxyl groups excluding tert-OH is 1. The minimum absolute atomic E-state index is 0.0190. The number of rotatable bonds is 4. The second-order valence-corrected chi connectivity index (χ2v) is 6.52. The highest BCUT2D eigenvalue weighted by atomic mass is 16.3. The summed E-state index contributed by atoms with van der Waals surface area (Å²) in [6, 6.07) is 5.65. The summed E-state index contributed by atoms with van der Waals surface area (Å²) in [6.07, 6.45) is 1.31. The minimum atomic E-state index is -0.323. The van der Waals surface area contributed by atoms with Gasteiger partial charge in [-0.15, -0.1) is 0 Å². The van der Waals surface area contributed by atoms with Gasteiger partial charge in [-0.25, -0.2) is 0 Å². The maximum atomic E-state index is 12.2. The normalized spacial score (nSPS) is 17.0. The number of likely N-dealkylation sites (tertiary alicyclic amines) is 1. The Morgan fingerprint density at radius 2 is 1.78 bits per heavy atom. The van der Waals surface area contributed by atoms with Gasteiger partial charge in [0, 0.05) is 18.7 Å². The number of nitrogens with one attached hydrogen (secondary N) is 1. The average molecular weight is 318 g/mol. The molecule has 126 valence electrons. The SMILES string of the molecule is Cc1cc(C)cc(C(=O)NCC(=O)N2CCC([C@H](C)O)CC2)c1. The van der Waals surface area contributed by atoms with Gasteiger partial charge in [0.1, 0.15) is 0 Å². The molecule has 1 atom stereocenters. The van der Waals surface area contributed by atoms with Crippen molar-refractivity contribution >= 4 is 11.8 Å². The summed E-state index contributed by atoms with van der Waals surface area (Å²) in [7, 11) is 0. The third-order valence-corrected chi connectivity index (χ3v) is 4.46. The number of aliphatic hydroxyl groups is 1. The van der Waals surface area contributed by atoms with E-state index in [0.717, 1.165) is 24.0 Å². The Morgan fingerprint density at radius 3 is 2.30 bits per heavy atom. The molecule has 1 aromatic rings. The topological polar surface area (TPSA) is 69.6 Å². The van der Waals surface area contributed by atoms with E-state index in [1.807, 2.05) is 32.0 Å². The number of aryl methyl sites for hydroxylation is 2. The Balaban J connectivity index is 1.83. The van der Waals surface area contributed by atoms with Crippen molar-refractivity contribution in [3.05, 3.63) is 34.9 Å². The quantitative estimate of drug-likeness (QED) is 0.887. The minimum Gasteiger partial charge on any atom is -0.393 e. The Hall–Kier alpha value is -1.88. The fourth-order valence-corrected chi connectivity index (χ4v) is 3.11. The van der Waals surface area contributed by atoms with Crippen LogP contribution in [0.1, 0.15) is 41.3 Å². The van der Waals surface area contributed by atoms with Crippen LogP contribution in [0.2, 0.25) is 0 Å². The van der Waals surface area contributed by atoms with Gasteiger partial charge >= 0.3 is 0 Å². The Morgan fingerprint density at radius 1 is 1.22 bits per heavy atom. The van der Waals surface area contributed by atoms with Gasteiger partial charge in [-0.1, -0.05) is 17.2 Å². The number of benzene rings is 1. The van der Waals surface area contributed by atoms with Crippen LogP contribution in [0.3, 0.4) is 0 Å². The summed E-state index contributed by atoms with van der Waals surface area (Å²) in [4.78, 5) is 26.1. The Bertz CT molecular complexity index is 555. The molecule has 0 radical (unpaired) electrons. The van der Waals surface area contributed by atoms with Crippen molar-refractivity contribution in [2.75, 3.05) is 19.6 Å². The van der Waals surface area contributed by atoms with Gasteiger partial charge in [-0.05, 0) is 51.7 Å². The lowest BCUT2D eigenvalue weighted by Crippen LogP contribution is -2.45. The molecule has 0 aromatic heterocycles. The molecule has 1 heterocycles. The third-order valence-electron chi connectivity index (χ3n) is 4.46. The number of nitrogens with zero attached hydrogens (tertiary/aromatic N) is 1. The second-order valence-electron chi connectivity index (χ2n) is 6.52. The summed E-state index contributed by atoms with van der Waals surface area (Å²) in [6.45, 7) is 7.00. The van der Waals surface area contributed by atoms with Crippen LogP contribution in [0.15, 0.2) is 18.2 Å². The van der Waals surface area contributed by atoms with Gasteiger partial charge in [0.15, 0.2) is 0 Å². The smallest absolute Gasteiger partial charge is 0.251 e. The standard InChI is InChI=1S/C18H26N2O3/c1-12-8-13(2)10-16(9-12)18(23)19-11-17(22)20-6-4-15(5-7-20)14(3)21/h8-10,14-15,21H,4-7,11H2,1-3H3,(H,19,23)/t14-/m0/s1. The van der Waals surface area contributed by atoms with Crippen LogP contribution in [0.25, 0.3) is 0 Å². The van der Waals surface area contributed by atoms with Crippen molar-refractivity contribution in [3.63, 3.8) is 0 Å². The number of hydrogen-bond acceptors (Lipinski definition) is 3. The summed E-state index contributed by atoms with van der Waals surface area (Å²) in [5, 5.41) is 12.3. The first kappa shape index (κ1) is 17.5. The van der Waals surface area contributed by atoms with E-state index < -0.39 is 0 Å². The second kappa shape index (κ2) is 7.59. The molecule has 0 spiro atoms. The first-order chi connectivity index (χ1) is 10.9. The number of piperidine rings is 1. The molecule has 0 bridgehead atoms. The van der Waals surface area contributed by atoms with Crippen LogP contribution >= 0.6 is 0 Å². The zero-order valence-corrected chi connectivity index (χ0v) is 14.1. The van der Waals surface area contributed by atoms with Crippen LogP contribution in [-0.4, -0.2) is 47.6 Å². The van der Waals surface area contributed by atoms with E-state index in [1.165, 1.54) is 0 Å². The lowest BCUT2D eigenvalue weighted by Gasteiger charge is -2.33. The molecule has 0 saturated carbocycles. The maximum Gasteiger partial charge on any atom is 0.251 e. The zero-order valence-electron chi connectivity index (χ0n) is 14.1. The van der Waals surface area contributed by atoms with E-state index in [4.69, 9.17) is 0 Å². The zero-order chi connectivity index (χ0) is 17.0. The number of hydrogen-bond donors (Lipinski definition) is 2. The van der Waals surface area contributed by atoms with Gasteiger partial charge in [-0.2, -0.15) is 0 Å². The molecule has 0 unspecified atom stereocenters.